The molecule has 0 aromatic rings. The Hall–Kier alpha value is -1.18. The third-order valence-electron chi connectivity index (χ3n) is 9.27. The van der Waals surface area contributed by atoms with E-state index in [4.69, 9.17) is 0 Å². The normalized spacial score (nSPS) is 12.9. The minimum atomic E-state index is -0.142. The number of ketones is 2. The minimum absolute atomic E-state index is 0.130. The molecule has 0 aromatic carbocycles. The number of carbonyl (C=O) groups is 2. The topological polar surface area (TPSA) is 34.1 Å². The number of unbranched alkanes of at least 4 members (excludes halogenated alkanes) is 22. The SMILES string of the molecule is CCCCCCCC/C=C\CCCCCCCC(=O)CC(C(=O)CCCCCCC/C=C\CCCCCCCC)C(C)(C)C. The standard InChI is InChI=1S/C42H78O2/c1-6-8-10-12-14-16-18-20-22-24-26-28-30-32-34-36-39(43)38-40(42(3,4)5)41(44)37-35-33-31-29-27-25-23-21-19-17-15-13-11-9-7-2/h20-23,40H,6-19,24-38H2,1-5H3/b22-20-,23-21-. The van der Waals surface area contributed by atoms with Crippen LogP contribution in [0.2, 0.25) is 0 Å². The smallest absolute Gasteiger partial charge is 0.136 e. The molecular formula is C42H78O2. The molecule has 44 heavy (non-hydrogen) atoms. The van der Waals surface area contributed by atoms with Gasteiger partial charge < -0.3 is 0 Å². The molecule has 0 aliphatic heterocycles. The molecule has 0 saturated heterocycles. The highest BCUT2D eigenvalue weighted by atomic mass is 16.1. The van der Waals surface area contributed by atoms with Crippen LogP contribution in [-0.4, -0.2) is 11.6 Å². The number of hydrogen-bond acceptors (Lipinski definition) is 2. The molecule has 1 unspecified atom stereocenters. The Morgan fingerprint density at radius 2 is 0.773 bits per heavy atom. The van der Waals surface area contributed by atoms with Crippen molar-refractivity contribution in [2.45, 2.75) is 221 Å². The lowest BCUT2D eigenvalue weighted by Gasteiger charge is -2.29. The van der Waals surface area contributed by atoms with Crippen LogP contribution in [0.25, 0.3) is 0 Å². The molecular weight excluding hydrogens is 536 g/mol. The van der Waals surface area contributed by atoms with Crippen molar-refractivity contribution < 1.29 is 9.59 Å². The highest BCUT2D eigenvalue weighted by Gasteiger charge is 2.32. The molecule has 2 nitrogen and oxygen atoms in total. The van der Waals surface area contributed by atoms with Crippen LogP contribution < -0.4 is 0 Å². The van der Waals surface area contributed by atoms with Crippen molar-refractivity contribution >= 4 is 11.6 Å². The second kappa shape index (κ2) is 31.8. The number of allylic oxidation sites excluding steroid dienone is 4. The molecule has 0 saturated carbocycles. The first-order valence-corrected chi connectivity index (χ1v) is 19.7. The molecule has 0 aromatic heterocycles. The second-order valence-corrected chi connectivity index (χ2v) is 14.8. The zero-order chi connectivity index (χ0) is 32.6. The Labute approximate surface area is 277 Å². The van der Waals surface area contributed by atoms with Gasteiger partial charge in [0.15, 0.2) is 0 Å². The summed E-state index contributed by atoms with van der Waals surface area (Å²) in [4.78, 5) is 25.9. The van der Waals surface area contributed by atoms with Gasteiger partial charge in [-0.05, 0) is 69.6 Å². The molecule has 0 aliphatic carbocycles. The first-order valence-electron chi connectivity index (χ1n) is 19.7. The summed E-state index contributed by atoms with van der Waals surface area (Å²) in [6.45, 7) is 10.9. The van der Waals surface area contributed by atoms with E-state index in [0.29, 0.717) is 30.8 Å². The summed E-state index contributed by atoms with van der Waals surface area (Å²) < 4.78 is 0. The van der Waals surface area contributed by atoms with Crippen molar-refractivity contribution in [3.63, 3.8) is 0 Å². The largest absolute Gasteiger partial charge is 0.300 e. The van der Waals surface area contributed by atoms with Crippen molar-refractivity contribution in [1.29, 1.82) is 0 Å². The van der Waals surface area contributed by atoms with Gasteiger partial charge in [0, 0.05) is 25.2 Å². The van der Waals surface area contributed by atoms with Crippen LogP contribution >= 0.6 is 0 Å². The maximum absolute atomic E-state index is 13.1. The predicted molar refractivity (Wildman–Crippen MR) is 196 cm³/mol. The van der Waals surface area contributed by atoms with Crippen LogP contribution in [0, 0.1) is 11.3 Å². The first kappa shape index (κ1) is 42.8. The van der Waals surface area contributed by atoms with Crippen molar-refractivity contribution in [1.82, 2.24) is 0 Å². The van der Waals surface area contributed by atoms with Crippen molar-refractivity contribution in [2.75, 3.05) is 0 Å². The maximum Gasteiger partial charge on any atom is 0.136 e. The van der Waals surface area contributed by atoms with Crippen molar-refractivity contribution in [3.8, 4) is 0 Å². The average Bonchev–Trinajstić information content (AvgIpc) is 2.99. The van der Waals surface area contributed by atoms with Gasteiger partial charge in [0.25, 0.3) is 0 Å². The fourth-order valence-corrected chi connectivity index (χ4v) is 6.17. The molecule has 0 rings (SSSR count). The molecule has 0 bridgehead atoms. The van der Waals surface area contributed by atoms with E-state index in [1.807, 2.05) is 0 Å². The molecule has 0 N–H and O–H groups in total. The van der Waals surface area contributed by atoms with Gasteiger partial charge >= 0.3 is 0 Å². The Balaban J connectivity index is 3.86. The van der Waals surface area contributed by atoms with Gasteiger partial charge in [-0.15, -0.1) is 0 Å². The summed E-state index contributed by atoms with van der Waals surface area (Å²) in [6, 6.07) is 0. The van der Waals surface area contributed by atoms with Crippen LogP contribution in [0.4, 0.5) is 0 Å². The van der Waals surface area contributed by atoms with E-state index < -0.39 is 0 Å². The molecule has 258 valence electrons. The third-order valence-corrected chi connectivity index (χ3v) is 9.27. The summed E-state index contributed by atoms with van der Waals surface area (Å²) in [5, 5.41) is 0. The first-order chi connectivity index (χ1) is 21.3. The number of rotatable bonds is 33. The van der Waals surface area contributed by atoms with E-state index >= 15 is 0 Å². The van der Waals surface area contributed by atoms with Crippen molar-refractivity contribution in [2.24, 2.45) is 11.3 Å². The monoisotopic (exact) mass is 615 g/mol. The number of Topliss-reactive ketones (excluding diaryl/α,β-unsaturated/α-hetero) is 2. The van der Waals surface area contributed by atoms with Crippen LogP contribution in [-0.2, 0) is 9.59 Å². The van der Waals surface area contributed by atoms with E-state index in [1.165, 1.54) is 141 Å². The van der Waals surface area contributed by atoms with Gasteiger partial charge in [0.05, 0.1) is 0 Å². The highest BCUT2D eigenvalue weighted by Crippen LogP contribution is 2.32. The summed E-state index contributed by atoms with van der Waals surface area (Å²) in [5.74, 6) is 0.475. The molecule has 0 aliphatic rings. The molecule has 0 radical (unpaired) electrons. The Morgan fingerprint density at radius 3 is 1.14 bits per heavy atom. The lowest BCUT2D eigenvalue weighted by atomic mass is 9.74. The molecule has 0 heterocycles. The highest BCUT2D eigenvalue weighted by molar-refractivity contribution is 5.88. The van der Waals surface area contributed by atoms with E-state index in [0.717, 1.165) is 25.7 Å². The number of carbonyl (C=O) groups excluding carboxylic acids is 2. The average molecular weight is 615 g/mol. The van der Waals surface area contributed by atoms with Crippen LogP contribution in [0.15, 0.2) is 24.3 Å². The minimum Gasteiger partial charge on any atom is -0.300 e. The van der Waals surface area contributed by atoms with Gasteiger partial charge in [-0.3, -0.25) is 9.59 Å². The summed E-state index contributed by atoms with van der Waals surface area (Å²) in [5.41, 5.74) is -0.142. The van der Waals surface area contributed by atoms with Gasteiger partial charge in [0.1, 0.15) is 11.6 Å². The van der Waals surface area contributed by atoms with Gasteiger partial charge in [-0.2, -0.15) is 0 Å². The zero-order valence-corrected chi connectivity index (χ0v) is 30.7. The lowest BCUT2D eigenvalue weighted by molar-refractivity contribution is -0.131. The number of hydrogen-bond donors (Lipinski definition) is 0. The Kier molecular flexibility index (Phi) is 30.9. The summed E-state index contributed by atoms with van der Waals surface area (Å²) in [7, 11) is 0. The van der Waals surface area contributed by atoms with Crippen molar-refractivity contribution in [3.05, 3.63) is 24.3 Å². The van der Waals surface area contributed by atoms with E-state index in [9.17, 15) is 9.59 Å². The molecule has 0 amide bonds. The quantitative estimate of drug-likeness (QED) is 0.0544. The Bertz CT molecular complexity index is 695. The summed E-state index contributed by atoms with van der Waals surface area (Å²) >= 11 is 0. The van der Waals surface area contributed by atoms with E-state index in [-0.39, 0.29) is 11.3 Å². The van der Waals surface area contributed by atoms with Gasteiger partial charge in [0.2, 0.25) is 0 Å². The molecule has 1 atom stereocenters. The van der Waals surface area contributed by atoms with E-state index in [1.54, 1.807) is 0 Å². The fourth-order valence-electron chi connectivity index (χ4n) is 6.17. The molecule has 0 spiro atoms. The molecule has 0 fully saturated rings. The fraction of sp³-hybridized carbons (Fsp3) is 0.857. The summed E-state index contributed by atoms with van der Waals surface area (Å²) in [6.07, 6.45) is 44.3. The third kappa shape index (κ3) is 29.5. The molecule has 2 heteroatoms. The van der Waals surface area contributed by atoms with Crippen LogP contribution in [0.1, 0.15) is 221 Å². The Morgan fingerprint density at radius 1 is 0.455 bits per heavy atom. The predicted octanol–water partition coefficient (Wildman–Crippen LogP) is 14.3. The van der Waals surface area contributed by atoms with E-state index in [2.05, 4.69) is 58.9 Å². The van der Waals surface area contributed by atoms with Gasteiger partial charge in [-0.25, -0.2) is 0 Å². The maximum atomic E-state index is 13.1. The van der Waals surface area contributed by atoms with Gasteiger partial charge in [-0.1, -0.05) is 162 Å². The lowest BCUT2D eigenvalue weighted by Crippen LogP contribution is -2.30. The second-order valence-electron chi connectivity index (χ2n) is 14.8. The zero-order valence-electron chi connectivity index (χ0n) is 30.7. The van der Waals surface area contributed by atoms with Crippen LogP contribution in [0.3, 0.4) is 0 Å². The van der Waals surface area contributed by atoms with Crippen LogP contribution in [0.5, 0.6) is 0 Å².